The van der Waals surface area contributed by atoms with Crippen molar-refractivity contribution in [3.8, 4) is 11.5 Å². The van der Waals surface area contributed by atoms with E-state index in [0.717, 1.165) is 29.0 Å². The maximum Gasteiger partial charge on any atom is 0.315 e. The monoisotopic (exact) mass is 342 g/mol. The number of pyridine rings is 1. The second-order valence-electron chi connectivity index (χ2n) is 5.78. The van der Waals surface area contributed by atoms with Gasteiger partial charge >= 0.3 is 6.03 Å². The number of anilines is 1. The molecule has 0 aliphatic carbocycles. The van der Waals surface area contributed by atoms with E-state index < -0.39 is 0 Å². The van der Waals surface area contributed by atoms with Crippen molar-refractivity contribution in [3.05, 3.63) is 47.7 Å². The van der Waals surface area contributed by atoms with Crippen molar-refractivity contribution in [2.45, 2.75) is 25.9 Å². The van der Waals surface area contributed by atoms with Gasteiger partial charge in [0.15, 0.2) is 11.5 Å². The molecule has 0 saturated heterocycles. The van der Waals surface area contributed by atoms with Crippen molar-refractivity contribution in [1.29, 1.82) is 0 Å². The third kappa shape index (κ3) is 4.32. The number of nitrogens with two attached hydrogens (primary N) is 1. The summed E-state index contributed by atoms with van der Waals surface area (Å²) in [4.78, 5) is 16.2. The second kappa shape index (κ2) is 7.74. The smallest absolute Gasteiger partial charge is 0.315 e. The minimum atomic E-state index is -0.237. The Morgan fingerprint density at radius 2 is 2.04 bits per heavy atom. The van der Waals surface area contributed by atoms with E-state index in [0.29, 0.717) is 25.6 Å². The minimum absolute atomic E-state index is 0.111. The fourth-order valence-corrected chi connectivity index (χ4v) is 2.63. The molecule has 0 fully saturated rings. The van der Waals surface area contributed by atoms with E-state index in [-0.39, 0.29) is 12.1 Å². The lowest BCUT2D eigenvalue weighted by molar-refractivity contribution is 0.171. The first-order valence-corrected chi connectivity index (χ1v) is 8.30. The zero-order chi connectivity index (χ0) is 17.6. The molecule has 25 heavy (non-hydrogen) atoms. The lowest BCUT2D eigenvalue weighted by Crippen LogP contribution is -2.37. The van der Waals surface area contributed by atoms with Crippen LogP contribution < -0.4 is 25.8 Å². The van der Waals surface area contributed by atoms with Crippen LogP contribution in [0.15, 0.2) is 36.5 Å². The lowest BCUT2D eigenvalue weighted by atomic mass is 10.0. The van der Waals surface area contributed by atoms with E-state index in [2.05, 4.69) is 15.6 Å². The Bertz CT molecular complexity index is 734. The van der Waals surface area contributed by atoms with Gasteiger partial charge < -0.3 is 25.8 Å². The Hall–Kier alpha value is -2.96. The second-order valence-corrected chi connectivity index (χ2v) is 5.78. The van der Waals surface area contributed by atoms with Gasteiger partial charge in [-0.2, -0.15) is 0 Å². The number of nitrogens with zero attached hydrogens (tertiary/aromatic N) is 1. The largest absolute Gasteiger partial charge is 0.486 e. The SMILES string of the molecule is CCC(NC(=O)NCc1ccc(N)nc1)c1ccc2c(c1)OCCO2. The highest BCUT2D eigenvalue weighted by atomic mass is 16.6. The van der Waals surface area contributed by atoms with Crippen molar-refractivity contribution in [3.63, 3.8) is 0 Å². The van der Waals surface area contributed by atoms with Crippen LogP contribution in [0.1, 0.15) is 30.5 Å². The first-order valence-electron chi connectivity index (χ1n) is 8.30. The standard InChI is InChI=1S/C18H22N4O3/c1-2-14(13-4-5-15-16(9-13)25-8-7-24-15)22-18(23)21-11-12-3-6-17(19)20-10-12/h3-6,9-10,14H,2,7-8,11H2,1H3,(H2,19,20)(H2,21,22,23). The summed E-state index contributed by atoms with van der Waals surface area (Å²) in [5.41, 5.74) is 7.42. The number of nitrogens with one attached hydrogen (secondary N) is 2. The molecule has 1 atom stereocenters. The maximum atomic E-state index is 12.2. The third-order valence-corrected chi connectivity index (χ3v) is 3.98. The number of ether oxygens (including phenoxy) is 2. The summed E-state index contributed by atoms with van der Waals surface area (Å²) in [7, 11) is 0. The van der Waals surface area contributed by atoms with E-state index in [9.17, 15) is 4.79 Å². The summed E-state index contributed by atoms with van der Waals surface area (Å²) >= 11 is 0. The summed E-state index contributed by atoms with van der Waals surface area (Å²) in [5.74, 6) is 1.92. The molecule has 2 aromatic rings. The first kappa shape index (κ1) is 16.9. The normalized spacial score (nSPS) is 13.8. The highest BCUT2D eigenvalue weighted by molar-refractivity contribution is 5.74. The molecule has 1 aliphatic rings. The molecule has 1 aromatic heterocycles. The van der Waals surface area contributed by atoms with Crippen LogP contribution in [0.3, 0.4) is 0 Å². The highest BCUT2D eigenvalue weighted by Crippen LogP contribution is 2.33. The third-order valence-electron chi connectivity index (χ3n) is 3.98. The minimum Gasteiger partial charge on any atom is -0.486 e. The number of aromatic nitrogens is 1. The molecule has 0 saturated carbocycles. The average molecular weight is 342 g/mol. The van der Waals surface area contributed by atoms with Crippen LogP contribution in [0, 0.1) is 0 Å². The molecule has 1 aromatic carbocycles. The maximum absolute atomic E-state index is 12.2. The molecule has 1 aliphatic heterocycles. The molecule has 7 nitrogen and oxygen atoms in total. The van der Waals surface area contributed by atoms with Crippen molar-refractivity contribution < 1.29 is 14.3 Å². The molecule has 0 radical (unpaired) electrons. The fraction of sp³-hybridized carbons (Fsp3) is 0.333. The number of hydrogen-bond donors (Lipinski definition) is 3. The average Bonchev–Trinajstić information content (AvgIpc) is 2.65. The quantitative estimate of drug-likeness (QED) is 0.775. The Kier molecular flexibility index (Phi) is 5.23. The fourth-order valence-electron chi connectivity index (χ4n) is 2.63. The molecule has 2 amide bonds. The van der Waals surface area contributed by atoms with E-state index in [1.165, 1.54) is 0 Å². The van der Waals surface area contributed by atoms with Crippen LogP contribution in [0.5, 0.6) is 11.5 Å². The van der Waals surface area contributed by atoms with Gasteiger partial charge in [-0.25, -0.2) is 9.78 Å². The molecule has 0 spiro atoms. The number of hydrogen-bond acceptors (Lipinski definition) is 5. The summed E-state index contributed by atoms with van der Waals surface area (Å²) in [5, 5.41) is 5.81. The molecule has 7 heteroatoms. The number of fused-ring (bicyclic) bond motifs is 1. The summed E-state index contributed by atoms with van der Waals surface area (Å²) in [6, 6.07) is 8.95. The number of benzene rings is 1. The van der Waals surface area contributed by atoms with Gasteiger partial charge in [0, 0.05) is 12.7 Å². The molecule has 3 rings (SSSR count). The molecule has 4 N–H and O–H groups in total. The van der Waals surface area contributed by atoms with Gasteiger partial charge in [-0.15, -0.1) is 0 Å². The van der Waals surface area contributed by atoms with Crippen molar-refractivity contribution >= 4 is 11.8 Å². The molecule has 2 heterocycles. The van der Waals surface area contributed by atoms with Crippen LogP contribution in [0.2, 0.25) is 0 Å². The first-order chi connectivity index (χ1) is 12.2. The van der Waals surface area contributed by atoms with Gasteiger partial charge in [0.2, 0.25) is 0 Å². The summed E-state index contributed by atoms with van der Waals surface area (Å²) < 4.78 is 11.1. The van der Waals surface area contributed by atoms with Gasteiger partial charge in [-0.3, -0.25) is 0 Å². The number of carbonyl (C=O) groups is 1. The van der Waals surface area contributed by atoms with Crippen LogP contribution in [-0.4, -0.2) is 24.2 Å². The van der Waals surface area contributed by atoms with Gasteiger partial charge in [0.25, 0.3) is 0 Å². The number of amides is 2. The van der Waals surface area contributed by atoms with Crippen molar-refractivity contribution in [2.75, 3.05) is 18.9 Å². The summed E-state index contributed by atoms with van der Waals surface area (Å²) in [6.45, 7) is 3.50. The number of urea groups is 1. The zero-order valence-corrected chi connectivity index (χ0v) is 14.1. The predicted octanol–water partition coefficient (Wildman–Crippen LogP) is 2.39. The molecule has 0 bridgehead atoms. The predicted molar refractivity (Wildman–Crippen MR) is 94.5 cm³/mol. The zero-order valence-electron chi connectivity index (χ0n) is 14.1. The Balaban J connectivity index is 1.59. The molecule has 132 valence electrons. The number of nitrogen functional groups attached to an aromatic ring is 1. The van der Waals surface area contributed by atoms with Gasteiger partial charge in [0.1, 0.15) is 19.0 Å². The number of rotatable bonds is 5. The molecule has 1 unspecified atom stereocenters. The Morgan fingerprint density at radius 3 is 2.76 bits per heavy atom. The molecular weight excluding hydrogens is 320 g/mol. The summed E-state index contributed by atoms with van der Waals surface area (Å²) in [6.07, 6.45) is 2.41. The van der Waals surface area contributed by atoms with Crippen LogP contribution >= 0.6 is 0 Å². The topological polar surface area (TPSA) is 98.5 Å². The van der Waals surface area contributed by atoms with Gasteiger partial charge in [-0.1, -0.05) is 19.1 Å². The van der Waals surface area contributed by atoms with Crippen LogP contribution in [0.25, 0.3) is 0 Å². The van der Waals surface area contributed by atoms with E-state index in [1.807, 2.05) is 31.2 Å². The van der Waals surface area contributed by atoms with Crippen LogP contribution in [-0.2, 0) is 6.54 Å². The Morgan fingerprint density at radius 1 is 1.24 bits per heavy atom. The van der Waals surface area contributed by atoms with Gasteiger partial charge in [-0.05, 0) is 35.7 Å². The van der Waals surface area contributed by atoms with Crippen molar-refractivity contribution in [1.82, 2.24) is 15.6 Å². The van der Waals surface area contributed by atoms with Crippen LogP contribution in [0.4, 0.5) is 10.6 Å². The lowest BCUT2D eigenvalue weighted by Gasteiger charge is -2.22. The van der Waals surface area contributed by atoms with E-state index in [1.54, 1.807) is 12.3 Å². The Labute approximate surface area is 146 Å². The molecular formula is C18H22N4O3. The number of carbonyl (C=O) groups excluding carboxylic acids is 1. The van der Waals surface area contributed by atoms with Gasteiger partial charge in [0.05, 0.1) is 6.04 Å². The van der Waals surface area contributed by atoms with E-state index >= 15 is 0 Å². The van der Waals surface area contributed by atoms with E-state index in [4.69, 9.17) is 15.2 Å². The van der Waals surface area contributed by atoms with Crippen molar-refractivity contribution in [2.24, 2.45) is 0 Å². The highest BCUT2D eigenvalue weighted by Gasteiger charge is 2.17.